The summed E-state index contributed by atoms with van der Waals surface area (Å²) in [6.07, 6.45) is 1.62. The molecule has 0 saturated carbocycles. The number of nitrogens with two attached hydrogens (primary N) is 1. The molecule has 0 saturated heterocycles. The number of aryl methyl sites for hydroxylation is 2. The monoisotopic (exact) mass is 323 g/mol. The third-order valence-electron chi connectivity index (χ3n) is 3.36. The van der Waals surface area contributed by atoms with Crippen LogP contribution in [0.25, 0.3) is 0 Å². The molecule has 1 heterocycles. The van der Waals surface area contributed by atoms with Crippen molar-refractivity contribution in [3.05, 3.63) is 46.7 Å². The number of hydrogen-bond donors (Lipinski definition) is 1. The lowest BCUT2D eigenvalue weighted by atomic mass is 10.1. The number of nitrogens with zero attached hydrogens (tertiary/aromatic N) is 2. The fourth-order valence-electron chi connectivity index (χ4n) is 2.24. The topological polar surface area (TPSA) is 43.8 Å². The molecule has 1 aromatic carbocycles. The number of benzene rings is 1. The Kier molecular flexibility index (Phi) is 6.15. The highest BCUT2D eigenvalue weighted by atomic mass is 35.5. The van der Waals surface area contributed by atoms with E-state index in [0.717, 1.165) is 41.5 Å². The molecule has 0 radical (unpaired) electrons. The summed E-state index contributed by atoms with van der Waals surface area (Å²) in [5.74, 6) is 0.872. The third kappa shape index (κ3) is 4.25. The van der Waals surface area contributed by atoms with Crippen molar-refractivity contribution in [1.82, 2.24) is 9.78 Å². The van der Waals surface area contributed by atoms with Crippen LogP contribution in [0.15, 0.2) is 35.2 Å². The van der Waals surface area contributed by atoms with Crippen LogP contribution in [0.2, 0.25) is 5.02 Å². The van der Waals surface area contributed by atoms with E-state index in [1.165, 1.54) is 4.90 Å². The van der Waals surface area contributed by atoms with Gasteiger partial charge >= 0.3 is 0 Å². The van der Waals surface area contributed by atoms with Gasteiger partial charge in [-0.05, 0) is 25.5 Å². The Labute approximate surface area is 135 Å². The zero-order chi connectivity index (χ0) is 15.2. The summed E-state index contributed by atoms with van der Waals surface area (Å²) in [6.45, 7) is 4.98. The van der Waals surface area contributed by atoms with E-state index < -0.39 is 0 Å². The van der Waals surface area contributed by atoms with Crippen molar-refractivity contribution in [3.8, 4) is 0 Å². The molecule has 2 N–H and O–H groups in total. The Balaban J connectivity index is 1.99. The van der Waals surface area contributed by atoms with Crippen LogP contribution in [0.4, 0.5) is 0 Å². The van der Waals surface area contributed by atoms with Crippen molar-refractivity contribution < 1.29 is 0 Å². The molecule has 0 bridgehead atoms. The van der Waals surface area contributed by atoms with E-state index in [2.05, 4.69) is 31.1 Å². The first-order valence-corrected chi connectivity index (χ1v) is 8.69. The largest absolute Gasteiger partial charge is 0.327 e. The van der Waals surface area contributed by atoms with E-state index in [1.807, 2.05) is 22.9 Å². The highest BCUT2D eigenvalue weighted by molar-refractivity contribution is 7.99. The second-order valence-electron chi connectivity index (χ2n) is 4.96. The van der Waals surface area contributed by atoms with Crippen LogP contribution in [0.5, 0.6) is 0 Å². The van der Waals surface area contributed by atoms with Crippen LogP contribution >= 0.6 is 23.4 Å². The molecular weight excluding hydrogens is 302 g/mol. The molecule has 1 atom stereocenters. The first kappa shape index (κ1) is 16.4. The van der Waals surface area contributed by atoms with Gasteiger partial charge in [0.25, 0.3) is 0 Å². The molecule has 0 aliphatic rings. The summed E-state index contributed by atoms with van der Waals surface area (Å²) >= 11 is 8.21. The first-order valence-electron chi connectivity index (χ1n) is 7.33. The van der Waals surface area contributed by atoms with Gasteiger partial charge in [-0.2, -0.15) is 5.10 Å². The molecule has 21 heavy (non-hydrogen) atoms. The SMILES string of the molecule is CCc1nn(CC)c(CC(N)CSc2ccccc2)c1Cl. The fourth-order valence-corrected chi connectivity index (χ4v) is 3.46. The van der Waals surface area contributed by atoms with Crippen molar-refractivity contribution in [3.63, 3.8) is 0 Å². The van der Waals surface area contributed by atoms with Gasteiger partial charge in [0.15, 0.2) is 0 Å². The number of aromatic nitrogens is 2. The molecule has 3 nitrogen and oxygen atoms in total. The van der Waals surface area contributed by atoms with Gasteiger partial charge in [-0.1, -0.05) is 36.7 Å². The molecular formula is C16H22ClN3S. The van der Waals surface area contributed by atoms with Crippen LogP contribution in [-0.2, 0) is 19.4 Å². The van der Waals surface area contributed by atoms with E-state index in [4.69, 9.17) is 17.3 Å². The van der Waals surface area contributed by atoms with Crippen LogP contribution in [-0.4, -0.2) is 21.6 Å². The second-order valence-corrected chi connectivity index (χ2v) is 6.44. The van der Waals surface area contributed by atoms with Gasteiger partial charge in [-0.25, -0.2) is 0 Å². The summed E-state index contributed by atoms with van der Waals surface area (Å²) in [6, 6.07) is 10.4. The van der Waals surface area contributed by atoms with Gasteiger partial charge in [-0.3, -0.25) is 4.68 Å². The lowest BCUT2D eigenvalue weighted by molar-refractivity contribution is 0.592. The summed E-state index contributed by atoms with van der Waals surface area (Å²) in [5, 5.41) is 5.33. The maximum Gasteiger partial charge on any atom is 0.0850 e. The van der Waals surface area contributed by atoms with Gasteiger partial charge in [0, 0.05) is 29.7 Å². The molecule has 0 spiro atoms. The van der Waals surface area contributed by atoms with Crippen LogP contribution in [0, 0.1) is 0 Å². The molecule has 0 fully saturated rings. The van der Waals surface area contributed by atoms with Crippen molar-refractivity contribution in [2.24, 2.45) is 5.73 Å². The second kappa shape index (κ2) is 7.87. The molecule has 1 unspecified atom stereocenters. The predicted molar refractivity (Wildman–Crippen MR) is 91.1 cm³/mol. The minimum atomic E-state index is 0.0689. The first-order chi connectivity index (χ1) is 10.2. The minimum absolute atomic E-state index is 0.0689. The highest BCUT2D eigenvalue weighted by Crippen LogP contribution is 2.24. The van der Waals surface area contributed by atoms with Gasteiger partial charge in [-0.15, -0.1) is 11.8 Å². The van der Waals surface area contributed by atoms with Gasteiger partial charge in [0.1, 0.15) is 0 Å². The Morgan fingerprint density at radius 2 is 2.00 bits per heavy atom. The zero-order valence-electron chi connectivity index (χ0n) is 12.6. The summed E-state index contributed by atoms with van der Waals surface area (Å²) < 4.78 is 1.98. The Bertz CT molecular complexity index is 568. The lowest BCUT2D eigenvalue weighted by Gasteiger charge is -2.12. The predicted octanol–water partition coefficient (Wildman–Crippen LogP) is 3.78. The van der Waals surface area contributed by atoms with Crippen LogP contribution < -0.4 is 5.73 Å². The molecule has 0 aliphatic heterocycles. The average molecular weight is 324 g/mol. The van der Waals surface area contributed by atoms with Gasteiger partial charge < -0.3 is 5.73 Å². The number of hydrogen-bond acceptors (Lipinski definition) is 3. The van der Waals surface area contributed by atoms with Crippen LogP contribution in [0.1, 0.15) is 25.2 Å². The number of halogens is 1. The molecule has 1 aromatic heterocycles. The normalized spacial score (nSPS) is 12.6. The van der Waals surface area contributed by atoms with Crippen molar-refractivity contribution >= 4 is 23.4 Å². The molecule has 0 amide bonds. The quantitative estimate of drug-likeness (QED) is 0.789. The molecule has 5 heteroatoms. The maximum atomic E-state index is 6.42. The zero-order valence-corrected chi connectivity index (χ0v) is 14.1. The van der Waals surface area contributed by atoms with E-state index in [9.17, 15) is 0 Å². The van der Waals surface area contributed by atoms with Crippen molar-refractivity contribution in [1.29, 1.82) is 0 Å². The average Bonchev–Trinajstić information content (AvgIpc) is 2.82. The lowest BCUT2D eigenvalue weighted by Crippen LogP contribution is -2.27. The van der Waals surface area contributed by atoms with Gasteiger partial charge in [0.05, 0.1) is 16.4 Å². The Morgan fingerprint density at radius 1 is 1.29 bits per heavy atom. The minimum Gasteiger partial charge on any atom is -0.327 e. The highest BCUT2D eigenvalue weighted by Gasteiger charge is 2.17. The molecule has 0 aliphatic carbocycles. The van der Waals surface area contributed by atoms with E-state index >= 15 is 0 Å². The molecule has 2 rings (SSSR count). The van der Waals surface area contributed by atoms with E-state index in [0.29, 0.717) is 0 Å². The van der Waals surface area contributed by atoms with E-state index in [1.54, 1.807) is 11.8 Å². The van der Waals surface area contributed by atoms with Crippen LogP contribution in [0.3, 0.4) is 0 Å². The van der Waals surface area contributed by atoms with Crippen molar-refractivity contribution in [2.75, 3.05) is 5.75 Å². The number of thioether (sulfide) groups is 1. The Morgan fingerprint density at radius 3 is 2.62 bits per heavy atom. The summed E-state index contributed by atoms with van der Waals surface area (Å²) in [7, 11) is 0. The summed E-state index contributed by atoms with van der Waals surface area (Å²) in [5.41, 5.74) is 8.31. The van der Waals surface area contributed by atoms with E-state index in [-0.39, 0.29) is 6.04 Å². The molecule has 2 aromatic rings. The molecule has 114 valence electrons. The maximum absolute atomic E-state index is 6.42. The third-order valence-corrected chi connectivity index (χ3v) is 4.99. The fraction of sp³-hybridized carbons (Fsp3) is 0.438. The Hall–Kier alpha value is -0.970. The smallest absolute Gasteiger partial charge is 0.0850 e. The number of rotatable bonds is 7. The summed E-state index contributed by atoms with van der Waals surface area (Å²) in [4.78, 5) is 1.25. The van der Waals surface area contributed by atoms with Gasteiger partial charge in [0.2, 0.25) is 0 Å². The standard InChI is InChI=1S/C16H22ClN3S/c1-3-14-16(17)15(20(4-2)19-14)10-12(18)11-21-13-8-6-5-7-9-13/h5-9,12H,3-4,10-11,18H2,1-2H3. The van der Waals surface area contributed by atoms with Crippen molar-refractivity contribution in [2.45, 2.75) is 44.2 Å².